The second-order valence-electron chi connectivity index (χ2n) is 5.53. The molecule has 0 aliphatic carbocycles. The van der Waals surface area contributed by atoms with Gasteiger partial charge in [0.05, 0.1) is 24.2 Å². The number of hydrogen-bond donors (Lipinski definition) is 3. The number of carbonyl (C=O) groups is 2. The predicted octanol–water partition coefficient (Wildman–Crippen LogP) is 3.05. The minimum absolute atomic E-state index is 0.147. The molecule has 4 N–H and O–H groups in total. The van der Waals surface area contributed by atoms with E-state index in [2.05, 4.69) is 15.4 Å². The molecule has 0 spiro atoms. The van der Waals surface area contributed by atoms with Gasteiger partial charge in [0.2, 0.25) is 5.91 Å². The van der Waals surface area contributed by atoms with E-state index in [1.165, 1.54) is 20.1 Å². The molecule has 1 atom stereocenters. The average Bonchev–Trinajstić information content (AvgIpc) is 2.58. The Morgan fingerprint density at radius 1 is 1.19 bits per heavy atom. The SMILES string of the molecule is COC(=O)C(C)Oc1ccc(Nc2c(N)cc(F)cc2NC(C)=O)cc1. The van der Waals surface area contributed by atoms with Gasteiger partial charge in [0.1, 0.15) is 11.6 Å². The van der Waals surface area contributed by atoms with Gasteiger partial charge in [0.15, 0.2) is 6.10 Å². The van der Waals surface area contributed by atoms with E-state index in [0.717, 1.165) is 6.07 Å². The Morgan fingerprint density at radius 3 is 2.42 bits per heavy atom. The Balaban J connectivity index is 2.19. The molecule has 0 radical (unpaired) electrons. The average molecular weight is 361 g/mol. The first-order chi connectivity index (χ1) is 12.3. The molecule has 8 heteroatoms. The van der Waals surface area contributed by atoms with Gasteiger partial charge in [-0.3, -0.25) is 4.79 Å². The number of nitrogens with one attached hydrogen (secondary N) is 2. The van der Waals surface area contributed by atoms with Crippen molar-refractivity contribution in [3.63, 3.8) is 0 Å². The van der Waals surface area contributed by atoms with Crippen LogP contribution in [0.1, 0.15) is 13.8 Å². The molecule has 0 aromatic heterocycles. The number of benzene rings is 2. The molecule has 0 aliphatic heterocycles. The number of amides is 1. The van der Waals surface area contributed by atoms with Gasteiger partial charge in [-0.05, 0) is 43.3 Å². The standard InChI is InChI=1S/C18H20FN3O4/c1-10(18(24)25-3)26-14-6-4-13(5-7-14)22-17-15(20)8-12(19)9-16(17)21-11(2)23/h4-10,22H,20H2,1-3H3,(H,21,23). The molecule has 26 heavy (non-hydrogen) atoms. The zero-order chi connectivity index (χ0) is 19.3. The van der Waals surface area contributed by atoms with Crippen molar-refractivity contribution in [3.05, 3.63) is 42.2 Å². The number of hydrogen-bond acceptors (Lipinski definition) is 6. The van der Waals surface area contributed by atoms with E-state index in [9.17, 15) is 14.0 Å². The first kappa shape index (κ1) is 19.0. The third-order valence-corrected chi connectivity index (χ3v) is 3.41. The van der Waals surface area contributed by atoms with Crippen LogP contribution in [-0.4, -0.2) is 25.1 Å². The molecule has 7 nitrogen and oxygen atoms in total. The summed E-state index contributed by atoms with van der Waals surface area (Å²) in [6.07, 6.45) is -0.738. The van der Waals surface area contributed by atoms with Crippen molar-refractivity contribution in [2.24, 2.45) is 0 Å². The Kier molecular flexibility index (Phi) is 6.00. The molecule has 0 fully saturated rings. The molecule has 1 unspecified atom stereocenters. The fraction of sp³-hybridized carbons (Fsp3) is 0.222. The van der Waals surface area contributed by atoms with E-state index in [0.29, 0.717) is 17.1 Å². The van der Waals surface area contributed by atoms with Crippen molar-refractivity contribution in [2.45, 2.75) is 20.0 Å². The number of nitrogens with two attached hydrogens (primary N) is 1. The van der Waals surface area contributed by atoms with Crippen LogP contribution in [0.25, 0.3) is 0 Å². The van der Waals surface area contributed by atoms with Crippen molar-refractivity contribution < 1.29 is 23.5 Å². The van der Waals surface area contributed by atoms with Crippen LogP contribution in [0.5, 0.6) is 5.75 Å². The number of rotatable bonds is 6. The molecule has 138 valence electrons. The molecule has 0 saturated carbocycles. The van der Waals surface area contributed by atoms with Crippen molar-refractivity contribution in [2.75, 3.05) is 23.5 Å². The van der Waals surface area contributed by atoms with Crippen molar-refractivity contribution >= 4 is 34.6 Å². The summed E-state index contributed by atoms with van der Waals surface area (Å²) in [7, 11) is 1.29. The first-order valence-corrected chi connectivity index (χ1v) is 7.78. The molecule has 1 amide bonds. The lowest BCUT2D eigenvalue weighted by Crippen LogP contribution is -2.24. The molecule has 2 aromatic rings. The lowest BCUT2D eigenvalue weighted by Gasteiger charge is -2.16. The fourth-order valence-corrected chi connectivity index (χ4v) is 2.24. The highest BCUT2D eigenvalue weighted by atomic mass is 19.1. The predicted molar refractivity (Wildman–Crippen MR) is 96.9 cm³/mol. The van der Waals surface area contributed by atoms with Crippen molar-refractivity contribution in [1.82, 2.24) is 0 Å². The van der Waals surface area contributed by atoms with Crippen LogP contribution >= 0.6 is 0 Å². The van der Waals surface area contributed by atoms with Crippen molar-refractivity contribution in [1.29, 1.82) is 0 Å². The summed E-state index contributed by atoms with van der Waals surface area (Å²) in [5, 5.41) is 5.57. The Hall–Kier alpha value is -3.29. The van der Waals surface area contributed by atoms with E-state index in [1.807, 2.05) is 0 Å². The maximum Gasteiger partial charge on any atom is 0.346 e. The molecule has 0 bridgehead atoms. The zero-order valence-electron chi connectivity index (χ0n) is 14.6. The quantitative estimate of drug-likeness (QED) is 0.540. The number of esters is 1. The van der Waals surface area contributed by atoms with Gasteiger partial charge in [-0.2, -0.15) is 0 Å². The molecular formula is C18H20FN3O4. The number of anilines is 4. The number of carbonyl (C=O) groups excluding carboxylic acids is 2. The van der Waals surface area contributed by atoms with Crippen LogP contribution in [0.4, 0.5) is 27.1 Å². The maximum absolute atomic E-state index is 13.6. The monoisotopic (exact) mass is 361 g/mol. The van der Waals surface area contributed by atoms with Crippen LogP contribution in [0.3, 0.4) is 0 Å². The number of halogens is 1. The third kappa shape index (κ3) is 4.85. The van der Waals surface area contributed by atoms with Gasteiger partial charge in [-0.15, -0.1) is 0 Å². The summed E-state index contributed by atoms with van der Waals surface area (Å²) in [5.74, 6) is -0.912. The van der Waals surface area contributed by atoms with E-state index in [-0.39, 0.29) is 17.3 Å². The largest absolute Gasteiger partial charge is 0.479 e. The summed E-state index contributed by atoms with van der Waals surface area (Å²) in [5.41, 5.74) is 7.24. The minimum Gasteiger partial charge on any atom is -0.479 e. The van der Waals surface area contributed by atoms with E-state index >= 15 is 0 Å². The second kappa shape index (κ2) is 8.19. The molecule has 0 saturated heterocycles. The lowest BCUT2D eigenvalue weighted by molar-refractivity contribution is -0.147. The van der Waals surface area contributed by atoms with Gasteiger partial charge in [-0.25, -0.2) is 9.18 Å². The van der Waals surface area contributed by atoms with Gasteiger partial charge in [0.25, 0.3) is 0 Å². The fourth-order valence-electron chi connectivity index (χ4n) is 2.24. The third-order valence-electron chi connectivity index (χ3n) is 3.41. The number of methoxy groups -OCH3 is 1. The van der Waals surface area contributed by atoms with Gasteiger partial charge in [0, 0.05) is 12.6 Å². The van der Waals surface area contributed by atoms with Gasteiger partial charge in [-0.1, -0.05) is 0 Å². The molecule has 0 heterocycles. The first-order valence-electron chi connectivity index (χ1n) is 7.78. The minimum atomic E-state index is -0.738. The highest BCUT2D eigenvalue weighted by molar-refractivity contribution is 5.96. The van der Waals surface area contributed by atoms with Gasteiger partial charge < -0.3 is 25.8 Å². The zero-order valence-corrected chi connectivity index (χ0v) is 14.6. The molecular weight excluding hydrogens is 341 g/mol. The van der Waals surface area contributed by atoms with Crippen LogP contribution in [0.2, 0.25) is 0 Å². The summed E-state index contributed by atoms with van der Waals surface area (Å²) in [6, 6.07) is 9.03. The van der Waals surface area contributed by atoms with E-state index in [4.69, 9.17) is 10.5 Å². The normalized spacial score (nSPS) is 11.4. The molecule has 2 rings (SSSR count). The van der Waals surface area contributed by atoms with E-state index in [1.54, 1.807) is 31.2 Å². The van der Waals surface area contributed by atoms with Crippen LogP contribution < -0.4 is 21.1 Å². The summed E-state index contributed by atoms with van der Waals surface area (Å²) in [4.78, 5) is 22.7. The maximum atomic E-state index is 13.6. The van der Waals surface area contributed by atoms with Gasteiger partial charge >= 0.3 is 5.97 Å². The summed E-state index contributed by atoms with van der Waals surface area (Å²) < 4.78 is 23.6. The summed E-state index contributed by atoms with van der Waals surface area (Å²) >= 11 is 0. The van der Waals surface area contributed by atoms with Crippen LogP contribution in [0.15, 0.2) is 36.4 Å². The molecule has 0 aliphatic rings. The topological polar surface area (TPSA) is 103 Å². The summed E-state index contributed by atoms with van der Waals surface area (Å²) in [6.45, 7) is 2.90. The highest BCUT2D eigenvalue weighted by Gasteiger charge is 2.15. The Bertz CT molecular complexity index is 809. The van der Waals surface area contributed by atoms with Crippen molar-refractivity contribution in [3.8, 4) is 5.75 Å². The Morgan fingerprint density at radius 2 is 1.85 bits per heavy atom. The smallest absolute Gasteiger partial charge is 0.346 e. The Labute approximate surface area is 150 Å². The van der Waals surface area contributed by atoms with Crippen LogP contribution in [-0.2, 0) is 14.3 Å². The molecule has 2 aromatic carbocycles. The lowest BCUT2D eigenvalue weighted by atomic mass is 10.2. The second-order valence-corrected chi connectivity index (χ2v) is 5.53. The number of nitrogen functional groups attached to an aromatic ring is 1. The number of ether oxygens (including phenoxy) is 2. The highest BCUT2D eigenvalue weighted by Crippen LogP contribution is 2.33. The van der Waals surface area contributed by atoms with Crippen LogP contribution in [0, 0.1) is 5.82 Å². The van der Waals surface area contributed by atoms with E-state index < -0.39 is 17.9 Å².